The van der Waals surface area contributed by atoms with Gasteiger partial charge in [0, 0.05) is 18.7 Å². The van der Waals surface area contributed by atoms with Gasteiger partial charge in [-0.1, -0.05) is 0 Å². The summed E-state index contributed by atoms with van der Waals surface area (Å²) in [7, 11) is 0. The zero-order chi connectivity index (χ0) is 13.3. The van der Waals surface area contributed by atoms with Crippen molar-refractivity contribution in [1.29, 1.82) is 0 Å². The molecule has 1 aliphatic rings. The van der Waals surface area contributed by atoms with Gasteiger partial charge in [-0.3, -0.25) is 4.79 Å². The highest BCUT2D eigenvalue weighted by Crippen LogP contribution is 2.22. The molecule has 0 spiro atoms. The summed E-state index contributed by atoms with van der Waals surface area (Å²) in [6.45, 7) is 0.328. The first-order valence-electron chi connectivity index (χ1n) is 5.25. The lowest BCUT2D eigenvalue weighted by Gasteiger charge is -2.20. The molecule has 0 aliphatic carbocycles. The molecule has 1 atom stereocenters. The van der Waals surface area contributed by atoms with Crippen molar-refractivity contribution in [2.24, 2.45) is 5.73 Å². The Bertz CT molecular complexity index is 487. The third-order valence-electron chi connectivity index (χ3n) is 2.76. The monoisotopic (exact) mass is 260 g/mol. The van der Waals surface area contributed by atoms with E-state index < -0.39 is 34.6 Å². The van der Waals surface area contributed by atoms with Gasteiger partial charge in [0.2, 0.25) is 5.91 Å². The maximum absolute atomic E-state index is 13.3. The Morgan fingerprint density at radius 3 is 2.56 bits per heavy atom. The van der Waals surface area contributed by atoms with Crippen molar-refractivity contribution in [2.75, 3.05) is 18.5 Å². The molecule has 1 heterocycles. The zero-order valence-electron chi connectivity index (χ0n) is 9.30. The molecule has 0 aromatic heterocycles. The van der Waals surface area contributed by atoms with E-state index in [1.54, 1.807) is 0 Å². The highest BCUT2D eigenvalue weighted by Gasteiger charge is 2.38. The minimum atomic E-state index is -1.32. The Balaban J connectivity index is 2.19. The van der Waals surface area contributed by atoms with Gasteiger partial charge in [0.05, 0.1) is 12.3 Å². The summed E-state index contributed by atoms with van der Waals surface area (Å²) in [6, 6.07) is 0.932. The molecule has 1 saturated heterocycles. The maximum Gasteiger partial charge on any atom is 0.247 e. The van der Waals surface area contributed by atoms with E-state index in [1.165, 1.54) is 0 Å². The second kappa shape index (κ2) is 4.58. The van der Waals surface area contributed by atoms with Crippen LogP contribution in [0.4, 0.5) is 18.9 Å². The van der Waals surface area contributed by atoms with E-state index in [0.717, 1.165) is 0 Å². The molecular formula is C11H11F3N2O2. The fraction of sp³-hybridized carbons (Fsp3) is 0.364. The van der Waals surface area contributed by atoms with E-state index in [1.807, 2.05) is 0 Å². The number of anilines is 1. The number of carbonyl (C=O) groups excluding carboxylic acids is 1. The normalized spacial score (nSPS) is 23.1. The van der Waals surface area contributed by atoms with Crippen LogP contribution in [0.25, 0.3) is 0 Å². The van der Waals surface area contributed by atoms with Crippen molar-refractivity contribution in [3.05, 3.63) is 29.6 Å². The van der Waals surface area contributed by atoms with Crippen LogP contribution < -0.4 is 11.1 Å². The van der Waals surface area contributed by atoms with Crippen molar-refractivity contribution in [2.45, 2.75) is 12.0 Å². The number of hydrogen-bond acceptors (Lipinski definition) is 3. The molecule has 1 fully saturated rings. The molecule has 0 radical (unpaired) electrons. The second-order valence-electron chi connectivity index (χ2n) is 4.16. The lowest BCUT2D eigenvalue weighted by molar-refractivity contribution is -0.121. The smallest absolute Gasteiger partial charge is 0.247 e. The minimum Gasteiger partial charge on any atom is -0.379 e. The average molecular weight is 260 g/mol. The molecule has 1 aromatic rings. The van der Waals surface area contributed by atoms with Gasteiger partial charge in [-0.05, 0) is 6.42 Å². The molecule has 3 N–H and O–H groups in total. The highest BCUT2D eigenvalue weighted by molar-refractivity contribution is 5.98. The number of nitrogens with two attached hydrogens (primary N) is 1. The first-order chi connectivity index (χ1) is 8.42. The minimum absolute atomic E-state index is 0.00410. The summed E-state index contributed by atoms with van der Waals surface area (Å²) < 4.78 is 43.9. The number of halogens is 3. The molecule has 0 saturated carbocycles. The number of hydrogen-bond donors (Lipinski definition) is 2. The summed E-state index contributed by atoms with van der Waals surface area (Å²) in [5.74, 6) is -4.33. The molecule has 2 rings (SSSR count). The molecule has 7 heteroatoms. The van der Waals surface area contributed by atoms with Crippen LogP contribution in [0.2, 0.25) is 0 Å². The predicted molar refractivity (Wildman–Crippen MR) is 57.3 cm³/mol. The van der Waals surface area contributed by atoms with Gasteiger partial charge in [-0.25, -0.2) is 13.2 Å². The fourth-order valence-corrected chi connectivity index (χ4v) is 1.62. The van der Waals surface area contributed by atoms with Crippen LogP contribution in [-0.2, 0) is 9.53 Å². The van der Waals surface area contributed by atoms with Gasteiger partial charge in [0.15, 0.2) is 11.6 Å². The third-order valence-corrected chi connectivity index (χ3v) is 2.76. The molecule has 98 valence electrons. The molecule has 4 nitrogen and oxygen atoms in total. The maximum atomic E-state index is 13.3. The molecular weight excluding hydrogens is 249 g/mol. The topological polar surface area (TPSA) is 64.4 Å². The first kappa shape index (κ1) is 12.8. The van der Waals surface area contributed by atoms with Crippen LogP contribution >= 0.6 is 0 Å². The van der Waals surface area contributed by atoms with Crippen LogP contribution in [0.3, 0.4) is 0 Å². The van der Waals surface area contributed by atoms with Crippen LogP contribution in [0.5, 0.6) is 0 Å². The molecule has 18 heavy (non-hydrogen) atoms. The third kappa shape index (κ3) is 2.32. The molecule has 1 unspecified atom stereocenters. The lowest BCUT2D eigenvalue weighted by atomic mass is 9.99. The summed E-state index contributed by atoms with van der Waals surface area (Å²) in [6.07, 6.45) is 0.282. The Hall–Kier alpha value is -1.60. The van der Waals surface area contributed by atoms with Crippen molar-refractivity contribution < 1.29 is 22.7 Å². The number of benzene rings is 1. The number of ether oxygens (including phenoxy) is 1. The van der Waals surface area contributed by atoms with E-state index in [9.17, 15) is 18.0 Å². The summed E-state index contributed by atoms with van der Waals surface area (Å²) in [5, 5.41) is 2.14. The Labute approximate surface area is 101 Å². The lowest BCUT2D eigenvalue weighted by Crippen LogP contribution is -2.51. The standard InChI is InChI=1S/C11H11F3N2O2/c12-6-3-8(14)9(4-7(6)13)16-10(17)11(15)1-2-18-5-11/h3-4H,1-2,5,15H2,(H,16,17). The van der Waals surface area contributed by atoms with E-state index in [-0.39, 0.29) is 13.0 Å². The van der Waals surface area contributed by atoms with Gasteiger partial charge in [0.1, 0.15) is 11.4 Å². The summed E-state index contributed by atoms with van der Waals surface area (Å²) in [4.78, 5) is 11.8. The fourth-order valence-electron chi connectivity index (χ4n) is 1.62. The number of nitrogens with one attached hydrogen (secondary N) is 1. The van der Waals surface area contributed by atoms with E-state index in [0.29, 0.717) is 18.7 Å². The van der Waals surface area contributed by atoms with Gasteiger partial charge < -0.3 is 15.8 Å². The van der Waals surface area contributed by atoms with E-state index in [4.69, 9.17) is 10.5 Å². The van der Waals surface area contributed by atoms with E-state index >= 15 is 0 Å². The van der Waals surface area contributed by atoms with Gasteiger partial charge in [-0.2, -0.15) is 0 Å². The number of amides is 1. The van der Waals surface area contributed by atoms with Gasteiger partial charge >= 0.3 is 0 Å². The second-order valence-corrected chi connectivity index (χ2v) is 4.16. The quantitative estimate of drug-likeness (QED) is 0.784. The Kier molecular flexibility index (Phi) is 3.27. The highest BCUT2D eigenvalue weighted by atomic mass is 19.2. The number of carbonyl (C=O) groups is 1. The molecule has 1 amide bonds. The SMILES string of the molecule is NC1(C(=O)Nc2cc(F)c(F)cc2F)CCOC1. The van der Waals surface area contributed by atoms with Crippen molar-refractivity contribution in [3.8, 4) is 0 Å². The Morgan fingerprint density at radius 2 is 1.94 bits per heavy atom. The average Bonchev–Trinajstić information content (AvgIpc) is 2.74. The predicted octanol–water partition coefficient (Wildman–Crippen LogP) is 1.16. The van der Waals surface area contributed by atoms with Crippen molar-refractivity contribution in [1.82, 2.24) is 0 Å². The van der Waals surface area contributed by atoms with Crippen LogP contribution in [0.15, 0.2) is 12.1 Å². The summed E-state index contributed by atoms with van der Waals surface area (Å²) >= 11 is 0. The first-order valence-corrected chi connectivity index (χ1v) is 5.25. The largest absolute Gasteiger partial charge is 0.379 e. The number of rotatable bonds is 2. The van der Waals surface area contributed by atoms with Crippen LogP contribution in [0.1, 0.15) is 6.42 Å². The van der Waals surface area contributed by atoms with Gasteiger partial charge in [0.25, 0.3) is 0 Å². The molecule has 1 aromatic carbocycles. The van der Waals surface area contributed by atoms with Crippen LogP contribution in [0, 0.1) is 17.5 Å². The van der Waals surface area contributed by atoms with Crippen LogP contribution in [-0.4, -0.2) is 24.7 Å². The summed E-state index contributed by atoms with van der Waals surface area (Å²) in [5.41, 5.74) is 4.03. The Morgan fingerprint density at radius 1 is 1.28 bits per heavy atom. The molecule has 0 bridgehead atoms. The molecule has 1 aliphatic heterocycles. The zero-order valence-corrected chi connectivity index (χ0v) is 9.30. The van der Waals surface area contributed by atoms with Crippen molar-refractivity contribution in [3.63, 3.8) is 0 Å². The van der Waals surface area contributed by atoms with E-state index in [2.05, 4.69) is 5.32 Å². The van der Waals surface area contributed by atoms with Crippen molar-refractivity contribution >= 4 is 11.6 Å². The van der Waals surface area contributed by atoms with Gasteiger partial charge in [-0.15, -0.1) is 0 Å².